The summed E-state index contributed by atoms with van der Waals surface area (Å²) in [7, 11) is -9.89. The highest BCUT2D eigenvalue weighted by Crippen LogP contribution is 2.45. The highest BCUT2D eigenvalue weighted by Gasteiger charge is 2.30. The lowest BCUT2D eigenvalue weighted by Crippen LogP contribution is -2.30. The monoisotopic (exact) mass is 1310 g/mol. The Bertz CT molecular complexity index is 1750. The molecule has 0 radical (unpaired) electrons. The van der Waals surface area contributed by atoms with Gasteiger partial charge in [0.2, 0.25) is 0 Å². The van der Waals surface area contributed by atoms with E-state index in [4.69, 9.17) is 37.0 Å². The van der Waals surface area contributed by atoms with Crippen LogP contribution in [0.2, 0.25) is 0 Å². The summed E-state index contributed by atoms with van der Waals surface area (Å²) < 4.78 is 68.1. The molecule has 0 fully saturated rings. The van der Waals surface area contributed by atoms with E-state index in [0.29, 0.717) is 31.6 Å². The zero-order valence-corrected chi connectivity index (χ0v) is 59.7. The number of rotatable bonds is 68. The molecule has 0 saturated heterocycles. The van der Waals surface area contributed by atoms with E-state index in [-0.39, 0.29) is 25.7 Å². The van der Waals surface area contributed by atoms with Crippen LogP contribution in [0.5, 0.6) is 0 Å². The van der Waals surface area contributed by atoms with Crippen molar-refractivity contribution < 1.29 is 80.2 Å². The molecule has 7 atom stereocenters. The van der Waals surface area contributed by atoms with Crippen LogP contribution in [-0.2, 0) is 65.4 Å². The molecule has 0 aromatic heterocycles. The Morgan fingerprint density at radius 2 is 0.573 bits per heavy atom. The number of esters is 4. The molecule has 3 N–H and O–H groups in total. The van der Waals surface area contributed by atoms with E-state index in [1.807, 2.05) is 0 Å². The second-order valence-electron chi connectivity index (χ2n) is 26.2. The lowest BCUT2D eigenvalue weighted by Gasteiger charge is -2.21. The van der Waals surface area contributed by atoms with Crippen LogP contribution >= 0.6 is 15.6 Å². The van der Waals surface area contributed by atoms with Gasteiger partial charge in [-0.2, -0.15) is 0 Å². The first-order valence-electron chi connectivity index (χ1n) is 36.4. The molecular weight excluding hydrogens is 1170 g/mol. The van der Waals surface area contributed by atoms with Gasteiger partial charge < -0.3 is 33.8 Å². The van der Waals surface area contributed by atoms with Crippen molar-refractivity contribution in [3.05, 3.63) is 0 Å². The van der Waals surface area contributed by atoms with Crippen molar-refractivity contribution >= 4 is 39.5 Å². The van der Waals surface area contributed by atoms with Gasteiger partial charge >= 0.3 is 39.5 Å². The van der Waals surface area contributed by atoms with Crippen molar-refractivity contribution in [3.8, 4) is 0 Å². The van der Waals surface area contributed by atoms with E-state index in [0.717, 1.165) is 115 Å². The van der Waals surface area contributed by atoms with Crippen LogP contribution in [0.3, 0.4) is 0 Å². The molecule has 0 heterocycles. The maximum atomic E-state index is 13.0. The fourth-order valence-corrected chi connectivity index (χ4v) is 12.1. The van der Waals surface area contributed by atoms with Gasteiger partial charge in [0, 0.05) is 25.7 Å². The maximum Gasteiger partial charge on any atom is 0.472 e. The minimum Gasteiger partial charge on any atom is -0.462 e. The van der Waals surface area contributed by atoms with Crippen molar-refractivity contribution in [1.82, 2.24) is 0 Å². The fraction of sp³-hybridized carbons (Fsp3) is 0.943. The molecule has 0 rings (SSSR count). The molecule has 0 spiro atoms. The predicted octanol–water partition coefficient (Wildman–Crippen LogP) is 19.8. The average molecular weight is 1310 g/mol. The Morgan fingerprint density at radius 3 is 0.854 bits per heavy atom. The van der Waals surface area contributed by atoms with Gasteiger partial charge in [0.1, 0.15) is 19.3 Å². The summed E-state index contributed by atoms with van der Waals surface area (Å²) in [4.78, 5) is 72.3. The molecule has 0 amide bonds. The second-order valence-corrected chi connectivity index (χ2v) is 29.1. The average Bonchev–Trinajstić information content (AvgIpc) is 3.52. The second kappa shape index (κ2) is 61.0. The van der Waals surface area contributed by atoms with E-state index < -0.39 is 97.5 Å². The van der Waals surface area contributed by atoms with Gasteiger partial charge in [-0.05, 0) is 43.4 Å². The zero-order chi connectivity index (χ0) is 65.9. The smallest absolute Gasteiger partial charge is 0.462 e. The Kier molecular flexibility index (Phi) is 59.6. The number of phosphoric acid groups is 2. The summed E-state index contributed by atoms with van der Waals surface area (Å²) in [6.07, 6.45) is 44.9. The zero-order valence-electron chi connectivity index (χ0n) is 57.9. The molecule has 0 bridgehead atoms. The van der Waals surface area contributed by atoms with E-state index in [1.54, 1.807) is 0 Å². The molecule has 0 aliphatic heterocycles. The molecule has 89 heavy (non-hydrogen) atoms. The Morgan fingerprint density at radius 1 is 0.326 bits per heavy atom. The van der Waals surface area contributed by atoms with Gasteiger partial charge in [0.15, 0.2) is 12.2 Å². The van der Waals surface area contributed by atoms with Gasteiger partial charge in [-0.25, -0.2) is 9.13 Å². The van der Waals surface area contributed by atoms with Gasteiger partial charge in [0.25, 0.3) is 0 Å². The first kappa shape index (κ1) is 87.1. The molecular formula is C70H136O17P2. The Hall–Kier alpha value is -1.94. The SMILES string of the molecule is CCCCCCCCCCC(=O)OC[C@H](COP(=O)(O)OC[C@H](O)COP(=O)(O)OC[C@@H](COC(=O)CCCCCCCCC(C)CC)OC(=O)CCCCCCCCCCCCCCCCCCCCC(C)CC)OC(=O)CCCCCCCCC(C)C. The summed E-state index contributed by atoms with van der Waals surface area (Å²) in [6.45, 7) is 11.7. The van der Waals surface area contributed by atoms with Crippen molar-refractivity contribution in [1.29, 1.82) is 0 Å². The third-order valence-electron chi connectivity index (χ3n) is 16.9. The number of ether oxygens (including phenoxy) is 4. The predicted molar refractivity (Wildman–Crippen MR) is 358 cm³/mol. The maximum absolute atomic E-state index is 13.0. The van der Waals surface area contributed by atoms with Crippen molar-refractivity contribution in [3.63, 3.8) is 0 Å². The molecule has 0 aromatic rings. The molecule has 17 nitrogen and oxygen atoms in total. The van der Waals surface area contributed by atoms with Gasteiger partial charge in [-0.1, -0.05) is 299 Å². The first-order chi connectivity index (χ1) is 42.8. The van der Waals surface area contributed by atoms with Gasteiger partial charge in [-0.3, -0.25) is 37.3 Å². The van der Waals surface area contributed by atoms with Crippen LogP contribution in [0.4, 0.5) is 0 Å². The summed E-state index contributed by atoms with van der Waals surface area (Å²) >= 11 is 0. The number of carbonyl (C=O) groups excluding carboxylic acids is 4. The van der Waals surface area contributed by atoms with Crippen molar-refractivity contribution in [2.75, 3.05) is 39.6 Å². The number of phosphoric ester groups is 2. The van der Waals surface area contributed by atoms with E-state index >= 15 is 0 Å². The summed E-state index contributed by atoms with van der Waals surface area (Å²) in [6, 6.07) is 0. The molecule has 0 aliphatic rings. The number of aliphatic hydroxyl groups excluding tert-OH is 1. The summed E-state index contributed by atoms with van der Waals surface area (Å²) in [5.41, 5.74) is 0. The van der Waals surface area contributed by atoms with E-state index in [9.17, 15) is 43.2 Å². The highest BCUT2D eigenvalue weighted by molar-refractivity contribution is 7.47. The van der Waals surface area contributed by atoms with Gasteiger partial charge in [-0.15, -0.1) is 0 Å². The quantitative estimate of drug-likeness (QED) is 0.0222. The molecule has 19 heteroatoms. The minimum absolute atomic E-state index is 0.102. The Balaban J connectivity index is 5.11. The van der Waals surface area contributed by atoms with Gasteiger partial charge in [0.05, 0.1) is 26.4 Å². The lowest BCUT2D eigenvalue weighted by atomic mass is 9.99. The third-order valence-corrected chi connectivity index (χ3v) is 18.8. The first-order valence-corrected chi connectivity index (χ1v) is 39.4. The topological polar surface area (TPSA) is 237 Å². The van der Waals surface area contributed by atoms with Crippen molar-refractivity contribution in [2.45, 2.75) is 369 Å². The van der Waals surface area contributed by atoms with Crippen LogP contribution < -0.4 is 0 Å². The summed E-state index contributed by atoms with van der Waals surface area (Å²) in [5, 5.41) is 10.6. The lowest BCUT2D eigenvalue weighted by molar-refractivity contribution is -0.161. The molecule has 528 valence electrons. The molecule has 4 unspecified atom stereocenters. The van der Waals surface area contributed by atoms with Crippen molar-refractivity contribution in [2.24, 2.45) is 17.8 Å². The van der Waals surface area contributed by atoms with E-state index in [1.165, 1.54) is 148 Å². The highest BCUT2D eigenvalue weighted by atomic mass is 31.2. The largest absolute Gasteiger partial charge is 0.472 e. The van der Waals surface area contributed by atoms with Crippen LogP contribution in [0, 0.1) is 17.8 Å². The third kappa shape index (κ3) is 62.0. The fourth-order valence-electron chi connectivity index (χ4n) is 10.5. The summed E-state index contributed by atoms with van der Waals surface area (Å²) in [5.74, 6) is 0.135. The molecule has 0 saturated carbocycles. The van der Waals surface area contributed by atoms with Crippen LogP contribution in [0.25, 0.3) is 0 Å². The number of unbranched alkanes of at least 4 members (excludes halogenated alkanes) is 34. The molecule has 0 aliphatic carbocycles. The normalized spacial score (nSPS) is 14.8. The Labute approximate surface area is 543 Å². The molecule has 0 aromatic carbocycles. The number of aliphatic hydroxyl groups is 1. The van der Waals surface area contributed by atoms with Crippen LogP contribution in [0.1, 0.15) is 350 Å². The standard InChI is InChI=1S/C70H136O17P2/c1-8-11-12-13-14-28-37-44-51-67(72)80-57-66(87-70(75)54-47-40-32-30-34-41-48-61(4)5)60-85-89(78,79)83-56-64(71)55-82-88(76,77)84-59-65(58-81-68(73)52-45-38-33-31-36-43-50-63(7)10-3)86-69(74)53-46-39-29-26-24-22-20-18-16-15-17-19-21-23-25-27-35-42-49-62(6)9-2/h61-66,71H,8-60H2,1-7H3,(H,76,77)(H,78,79)/t62?,63?,64-,65-,66-/m1/s1. The number of hydrogen-bond acceptors (Lipinski definition) is 15. The number of carbonyl (C=O) groups is 4. The number of hydrogen-bond donors (Lipinski definition) is 3. The van der Waals surface area contributed by atoms with E-state index in [2.05, 4.69) is 48.5 Å². The van der Waals surface area contributed by atoms with Crippen LogP contribution in [-0.4, -0.2) is 96.7 Å². The minimum atomic E-state index is -4.95. The van der Waals surface area contributed by atoms with Crippen LogP contribution in [0.15, 0.2) is 0 Å².